The molecule has 0 radical (unpaired) electrons. The van der Waals surface area contributed by atoms with Gasteiger partial charge >= 0.3 is 8.60 Å². The van der Waals surface area contributed by atoms with E-state index in [0.29, 0.717) is 0 Å². The van der Waals surface area contributed by atoms with Crippen LogP contribution in [0.5, 0.6) is 0 Å². The third-order valence-corrected chi connectivity index (χ3v) is 4.38. The molecule has 0 fully saturated rings. The van der Waals surface area contributed by atoms with E-state index in [-0.39, 0.29) is 11.8 Å². The molecule has 18 heavy (non-hydrogen) atoms. The molecule has 0 saturated heterocycles. The van der Waals surface area contributed by atoms with E-state index < -0.39 is 14.2 Å². The molecule has 0 saturated carbocycles. The SMILES string of the molecule is CCCCCCCC(OP(O)O)(C(C)C)C(C)C. The normalized spacial score (nSPS) is 13.0. The van der Waals surface area contributed by atoms with Gasteiger partial charge in [0, 0.05) is 0 Å². The molecule has 3 nitrogen and oxygen atoms in total. The minimum Gasteiger partial charge on any atom is -0.328 e. The van der Waals surface area contributed by atoms with E-state index in [2.05, 4.69) is 34.6 Å². The summed E-state index contributed by atoms with van der Waals surface area (Å²) in [6.07, 6.45) is 6.99. The molecule has 0 aromatic heterocycles. The van der Waals surface area contributed by atoms with Gasteiger partial charge in [-0.1, -0.05) is 66.7 Å². The summed E-state index contributed by atoms with van der Waals surface area (Å²) in [5.41, 5.74) is -0.401. The summed E-state index contributed by atoms with van der Waals surface area (Å²) in [6, 6.07) is 0. The first kappa shape index (κ1) is 18.3. The fourth-order valence-corrected chi connectivity index (χ4v) is 3.47. The zero-order valence-corrected chi connectivity index (χ0v) is 13.5. The van der Waals surface area contributed by atoms with Crippen LogP contribution in [0.2, 0.25) is 0 Å². The summed E-state index contributed by atoms with van der Waals surface area (Å²) < 4.78 is 5.54. The van der Waals surface area contributed by atoms with Crippen LogP contribution in [0.4, 0.5) is 0 Å². The minimum absolute atomic E-state index is 0.285. The minimum atomic E-state index is -2.28. The van der Waals surface area contributed by atoms with Crippen LogP contribution in [0.1, 0.15) is 73.1 Å². The van der Waals surface area contributed by atoms with Crippen LogP contribution in [-0.2, 0) is 4.52 Å². The number of hydrogen-bond donors (Lipinski definition) is 2. The fraction of sp³-hybridized carbons (Fsp3) is 1.00. The molecule has 0 aliphatic rings. The average Bonchev–Trinajstić information content (AvgIpc) is 2.25. The predicted molar refractivity (Wildman–Crippen MR) is 78.2 cm³/mol. The van der Waals surface area contributed by atoms with Crippen molar-refractivity contribution in [2.45, 2.75) is 78.7 Å². The summed E-state index contributed by atoms with van der Waals surface area (Å²) in [4.78, 5) is 18.4. The fourth-order valence-electron chi connectivity index (χ4n) is 2.66. The third-order valence-electron chi connectivity index (χ3n) is 3.88. The Morgan fingerprint density at radius 2 is 1.44 bits per heavy atom. The maximum atomic E-state index is 9.22. The Kier molecular flexibility index (Phi) is 9.41. The van der Waals surface area contributed by atoms with Gasteiger partial charge in [0.2, 0.25) is 0 Å². The van der Waals surface area contributed by atoms with Crippen molar-refractivity contribution in [3.63, 3.8) is 0 Å². The van der Waals surface area contributed by atoms with Crippen LogP contribution in [0.3, 0.4) is 0 Å². The largest absolute Gasteiger partial charge is 0.328 e. The lowest BCUT2D eigenvalue weighted by Gasteiger charge is -2.41. The van der Waals surface area contributed by atoms with Gasteiger partial charge in [0.25, 0.3) is 0 Å². The van der Waals surface area contributed by atoms with Crippen molar-refractivity contribution in [3.8, 4) is 0 Å². The topological polar surface area (TPSA) is 49.7 Å². The molecule has 0 aromatic carbocycles. The lowest BCUT2D eigenvalue weighted by molar-refractivity contribution is -0.0387. The van der Waals surface area contributed by atoms with Crippen LogP contribution >= 0.6 is 8.60 Å². The van der Waals surface area contributed by atoms with E-state index in [0.717, 1.165) is 12.8 Å². The molecule has 0 unspecified atom stereocenters. The van der Waals surface area contributed by atoms with Crippen molar-refractivity contribution in [2.24, 2.45) is 11.8 Å². The van der Waals surface area contributed by atoms with Crippen molar-refractivity contribution in [1.82, 2.24) is 0 Å². The van der Waals surface area contributed by atoms with Crippen LogP contribution in [-0.4, -0.2) is 15.4 Å². The Balaban J connectivity index is 4.44. The quantitative estimate of drug-likeness (QED) is 0.452. The van der Waals surface area contributed by atoms with Gasteiger partial charge in [-0.15, -0.1) is 0 Å². The third kappa shape index (κ3) is 5.97. The molecule has 0 heterocycles. The zero-order valence-electron chi connectivity index (χ0n) is 12.6. The van der Waals surface area contributed by atoms with Crippen molar-refractivity contribution in [1.29, 1.82) is 0 Å². The molecule has 0 aliphatic carbocycles. The molecule has 0 spiro atoms. The van der Waals surface area contributed by atoms with E-state index >= 15 is 0 Å². The summed E-state index contributed by atoms with van der Waals surface area (Å²) >= 11 is 0. The highest BCUT2D eigenvalue weighted by Crippen LogP contribution is 2.44. The van der Waals surface area contributed by atoms with Gasteiger partial charge in [-0.25, -0.2) is 0 Å². The average molecular weight is 278 g/mol. The Morgan fingerprint density at radius 1 is 0.944 bits per heavy atom. The van der Waals surface area contributed by atoms with E-state index in [1.807, 2.05) is 0 Å². The van der Waals surface area contributed by atoms with E-state index in [1.54, 1.807) is 0 Å². The number of hydrogen-bond acceptors (Lipinski definition) is 3. The van der Waals surface area contributed by atoms with Gasteiger partial charge in [0.05, 0.1) is 5.60 Å². The first-order chi connectivity index (χ1) is 8.36. The van der Waals surface area contributed by atoms with Crippen molar-refractivity contribution in [3.05, 3.63) is 0 Å². The molecular formula is C14H31O3P. The van der Waals surface area contributed by atoms with Crippen LogP contribution in [0, 0.1) is 11.8 Å². The molecule has 0 aromatic rings. The lowest BCUT2D eigenvalue weighted by atomic mass is 9.77. The lowest BCUT2D eigenvalue weighted by Crippen LogP contribution is -2.42. The van der Waals surface area contributed by atoms with Crippen LogP contribution in [0.25, 0.3) is 0 Å². The summed E-state index contributed by atoms with van der Waals surface area (Å²) in [5.74, 6) is 0.570. The van der Waals surface area contributed by atoms with Gasteiger partial charge in [-0.3, -0.25) is 0 Å². The highest BCUT2D eigenvalue weighted by molar-refractivity contribution is 7.39. The van der Waals surface area contributed by atoms with Gasteiger partial charge in [-0.2, -0.15) is 0 Å². The zero-order chi connectivity index (χ0) is 14.2. The summed E-state index contributed by atoms with van der Waals surface area (Å²) in [6.45, 7) is 10.6. The monoisotopic (exact) mass is 278 g/mol. The Morgan fingerprint density at radius 3 is 1.83 bits per heavy atom. The van der Waals surface area contributed by atoms with Crippen molar-refractivity contribution < 1.29 is 14.3 Å². The maximum Gasteiger partial charge on any atom is 0.327 e. The smallest absolute Gasteiger partial charge is 0.327 e. The molecule has 0 rings (SSSR count). The molecule has 110 valence electrons. The second kappa shape index (κ2) is 9.25. The first-order valence-electron chi connectivity index (χ1n) is 7.23. The highest BCUT2D eigenvalue weighted by atomic mass is 31.2. The molecular weight excluding hydrogens is 247 g/mol. The maximum absolute atomic E-state index is 9.22. The van der Waals surface area contributed by atoms with Crippen molar-refractivity contribution >= 4 is 8.60 Å². The second-order valence-electron chi connectivity index (χ2n) is 5.77. The van der Waals surface area contributed by atoms with E-state index in [9.17, 15) is 9.79 Å². The summed E-state index contributed by atoms with van der Waals surface area (Å²) in [7, 11) is -2.28. The number of unbranched alkanes of at least 4 members (excludes halogenated alkanes) is 4. The number of rotatable bonds is 10. The van der Waals surface area contributed by atoms with E-state index in [1.165, 1.54) is 25.7 Å². The van der Waals surface area contributed by atoms with Crippen LogP contribution in [0.15, 0.2) is 0 Å². The molecule has 0 bridgehead atoms. The molecule has 2 N–H and O–H groups in total. The van der Waals surface area contributed by atoms with Gasteiger partial charge in [-0.05, 0) is 18.3 Å². The Hall–Kier alpha value is 0.310. The predicted octanol–water partition coefficient (Wildman–Crippen LogP) is 4.63. The highest BCUT2D eigenvalue weighted by Gasteiger charge is 2.39. The first-order valence-corrected chi connectivity index (χ1v) is 8.40. The van der Waals surface area contributed by atoms with Crippen LogP contribution < -0.4 is 0 Å². The van der Waals surface area contributed by atoms with Gasteiger partial charge < -0.3 is 14.3 Å². The van der Waals surface area contributed by atoms with Gasteiger partial charge in [0.15, 0.2) is 0 Å². The molecule has 0 aliphatic heterocycles. The molecule has 4 heteroatoms. The molecule has 0 atom stereocenters. The Labute approximate surface area is 114 Å². The Bertz CT molecular complexity index is 197. The second-order valence-corrected chi connectivity index (χ2v) is 6.46. The van der Waals surface area contributed by atoms with Gasteiger partial charge in [0.1, 0.15) is 0 Å². The molecule has 0 amide bonds. The standard InChI is InChI=1S/C14H31O3P/c1-6-7-8-9-10-11-14(12(2)3,13(4)5)17-18(15)16/h12-13,15-16H,6-11H2,1-5H3. The summed E-state index contributed by atoms with van der Waals surface area (Å²) in [5, 5.41) is 0. The van der Waals surface area contributed by atoms with E-state index in [4.69, 9.17) is 4.52 Å². The van der Waals surface area contributed by atoms with Crippen molar-refractivity contribution in [2.75, 3.05) is 0 Å².